The molecule has 1 unspecified atom stereocenters. The molecule has 0 bridgehead atoms. The molecule has 0 amide bonds. The van der Waals surface area contributed by atoms with Gasteiger partial charge in [0.1, 0.15) is 6.17 Å². The van der Waals surface area contributed by atoms with Crippen LogP contribution in [-0.4, -0.2) is 50.0 Å². The Hall–Kier alpha value is -3.05. The van der Waals surface area contributed by atoms with Gasteiger partial charge in [0.2, 0.25) is 0 Å². The van der Waals surface area contributed by atoms with E-state index in [1.54, 1.807) is 0 Å². The predicted molar refractivity (Wildman–Crippen MR) is 194 cm³/mol. The smallest absolute Gasteiger partial charge is 0.115 e. The van der Waals surface area contributed by atoms with Crippen LogP contribution in [0.15, 0.2) is 71.9 Å². The van der Waals surface area contributed by atoms with E-state index in [1.165, 1.54) is 101 Å². The van der Waals surface area contributed by atoms with Gasteiger partial charge in [-0.2, -0.15) is 0 Å². The number of anilines is 3. The van der Waals surface area contributed by atoms with Crippen LogP contribution in [0, 0.1) is 0 Å². The molecule has 2 heterocycles. The summed E-state index contributed by atoms with van der Waals surface area (Å²) in [4.78, 5) is 9.69. The monoisotopic (exact) mass is 587 g/mol. The Bertz CT molecular complexity index is 1040. The molecule has 2 aromatic rings. The van der Waals surface area contributed by atoms with Crippen molar-refractivity contribution < 1.29 is 0 Å². The molecule has 43 heavy (non-hydrogen) atoms. The van der Waals surface area contributed by atoms with Crippen LogP contribution < -0.4 is 15.5 Å². The van der Waals surface area contributed by atoms with Gasteiger partial charge in [-0.15, -0.1) is 0 Å². The Balaban J connectivity index is 0.000000451. The van der Waals surface area contributed by atoms with E-state index in [1.807, 2.05) is 26.3 Å². The molecule has 0 aliphatic carbocycles. The summed E-state index contributed by atoms with van der Waals surface area (Å²) in [6, 6.07) is 17.2. The molecule has 0 spiro atoms. The molecule has 2 saturated heterocycles. The van der Waals surface area contributed by atoms with Crippen molar-refractivity contribution >= 4 is 28.8 Å². The van der Waals surface area contributed by atoms with Gasteiger partial charge in [-0.05, 0) is 138 Å². The van der Waals surface area contributed by atoms with Gasteiger partial charge in [-0.3, -0.25) is 4.99 Å². The molecular weight excluding hydrogens is 526 g/mol. The number of hydrogen-bond acceptors (Lipinski definition) is 5. The van der Waals surface area contributed by atoms with Gasteiger partial charge in [-0.25, -0.2) is 0 Å². The number of hydrogen-bond donors (Lipinski definition) is 2. The van der Waals surface area contributed by atoms with Gasteiger partial charge in [0.05, 0.1) is 0 Å². The van der Waals surface area contributed by atoms with Crippen LogP contribution in [0.5, 0.6) is 0 Å². The maximum absolute atomic E-state index is 4.62. The lowest BCUT2D eigenvalue weighted by atomic mass is 10.1. The highest BCUT2D eigenvalue weighted by Crippen LogP contribution is 2.22. The van der Waals surface area contributed by atoms with Crippen molar-refractivity contribution in [2.24, 2.45) is 4.99 Å². The molecule has 2 N–H and O–H groups in total. The van der Waals surface area contributed by atoms with E-state index in [0.717, 1.165) is 17.8 Å². The number of allylic oxidation sites excluding steroid dienone is 3. The first-order valence-corrected chi connectivity index (χ1v) is 17.1. The average molecular weight is 588 g/mol. The van der Waals surface area contributed by atoms with Gasteiger partial charge < -0.3 is 20.4 Å². The molecule has 2 aromatic carbocycles. The van der Waals surface area contributed by atoms with Crippen molar-refractivity contribution in [3.05, 3.63) is 72.4 Å². The third kappa shape index (κ3) is 14.8. The maximum Gasteiger partial charge on any atom is 0.115 e. The van der Waals surface area contributed by atoms with Gasteiger partial charge >= 0.3 is 0 Å². The van der Waals surface area contributed by atoms with Gasteiger partial charge in [0.15, 0.2) is 0 Å². The summed E-state index contributed by atoms with van der Waals surface area (Å²) in [5, 5.41) is 6.73. The molecule has 2 fully saturated rings. The second kappa shape index (κ2) is 22.5. The van der Waals surface area contributed by atoms with Crippen LogP contribution in [0.4, 0.5) is 17.1 Å². The highest BCUT2D eigenvalue weighted by atomic mass is 15.1. The lowest BCUT2D eigenvalue weighted by Crippen LogP contribution is -2.29. The minimum atomic E-state index is 0.0156. The molecule has 238 valence electrons. The molecule has 2 aliphatic rings. The van der Waals surface area contributed by atoms with Gasteiger partial charge in [0.25, 0.3) is 0 Å². The number of aliphatic imine (C=N–C) groups is 1. The minimum absolute atomic E-state index is 0.0156. The molecular formula is C38H61N5. The van der Waals surface area contributed by atoms with Crippen molar-refractivity contribution in [2.75, 3.05) is 48.3 Å². The topological polar surface area (TPSA) is 42.9 Å². The van der Waals surface area contributed by atoms with Crippen molar-refractivity contribution in [1.29, 1.82) is 0 Å². The number of likely N-dealkylation sites (tertiary alicyclic amines) is 1. The Morgan fingerprint density at radius 1 is 0.837 bits per heavy atom. The van der Waals surface area contributed by atoms with Gasteiger partial charge in [-0.1, -0.05) is 58.7 Å². The number of nitrogens with zero attached hydrogens (tertiary/aromatic N) is 3. The molecule has 5 heteroatoms. The first-order valence-electron chi connectivity index (χ1n) is 17.1. The Labute approximate surface area is 264 Å². The van der Waals surface area contributed by atoms with Crippen LogP contribution >= 0.6 is 0 Å². The molecule has 4 rings (SSSR count). The lowest BCUT2D eigenvalue weighted by molar-refractivity contribution is 0.329. The normalized spacial score (nSPS) is 16.4. The third-order valence-corrected chi connectivity index (χ3v) is 7.82. The first kappa shape index (κ1) is 36.1. The fourth-order valence-electron chi connectivity index (χ4n) is 5.27. The fourth-order valence-corrected chi connectivity index (χ4v) is 5.27. The van der Waals surface area contributed by atoms with Crippen LogP contribution in [0.2, 0.25) is 0 Å². The van der Waals surface area contributed by atoms with E-state index >= 15 is 0 Å². The Kier molecular flexibility index (Phi) is 18.9. The molecule has 1 atom stereocenters. The highest BCUT2D eigenvalue weighted by Gasteiger charge is 2.11. The van der Waals surface area contributed by atoms with E-state index in [2.05, 4.69) is 114 Å². The summed E-state index contributed by atoms with van der Waals surface area (Å²) in [7, 11) is 0. The largest absolute Gasteiger partial charge is 0.372 e. The van der Waals surface area contributed by atoms with Crippen LogP contribution in [0.1, 0.15) is 105 Å². The number of nitrogens with one attached hydrogen (secondary N) is 2. The first-order chi connectivity index (χ1) is 21.1. The SMILES string of the molecule is CC.CCC=CNc1ccc(/C(C)=C/C=N\C(C)Nc2ccc(N3CCCCC3)cc2)cc1.CCCCCN1CCCC1. The summed E-state index contributed by atoms with van der Waals surface area (Å²) in [5.74, 6) is 0. The summed E-state index contributed by atoms with van der Waals surface area (Å²) >= 11 is 0. The minimum Gasteiger partial charge on any atom is -0.372 e. The highest BCUT2D eigenvalue weighted by molar-refractivity contribution is 5.84. The number of unbranched alkanes of at least 4 members (excludes halogenated alkanes) is 2. The summed E-state index contributed by atoms with van der Waals surface area (Å²) in [6.07, 6.45) is 20.1. The zero-order valence-corrected chi connectivity index (χ0v) is 28.2. The Morgan fingerprint density at radius 3 is 2.09 bits per heavy atom. The number of rotatable bonds is 13. The molecule has 2 aliphatic heterocycles. The van der Waals surface area contributed by atoms with E-state index in [0.29, 0.717) is 0 Å². The Morgan fingerprint density at radius 2 is 1.47 bits per heavy atom. The van der Waals surface area contributed by atoms with Crippen LogP contribution in [0.3, 0.4) is 0 Å². The zero-order valence-electron chi connectivity index (χ0n) is 28.2. The molecule has 0 radical (unpaired) electrons. The third-order valence-electron chi connectivity index (χ3n) is 7.82. The molecule has 0 saturated carbocycles. The number of piperidine rings is 1. The van der Waals surface area contributed by atoms with Crippen LogP contribution in [-0.2, 0) is 0 Å². The summed E-state index contributed by atoms with van der Waals surface area (Å²) in [5.41, 5.74) is 5.91. The summed E-state index contributed by atoms with van der Waals surface area (Å²) < 4.78 is 0. The fraction of sp³-hybridized carbons (Fsp3) is 0.553. The van der Waals surface area contributed by atoms with Crippen LogP contribution in [0.25, 0.3) is 5.57 Å². The zero-order chi connectivity index (χ0) is 31.1. The van der Waals surface area contributed by atoms with E-state index in [-0.39, 0.29) is 6.17 Å². The van der Waals surface area contributed by atoms with E-state index < -0.39 is 0 Å². The molecule has 0 aromatic heterocycles. The van der Waals surface area contributed by atoms with Crippen molar-refractivity contribution in [1.82, 2.24) is 4.90 Å². The second-order valence-corrected chi connectivity index (χ2v) is 11.4. The van der Waals surface area contributed by atoms with Crippen molar-refractivity contribution in [2.45, 2.75) is 105 Å². The van der Waals surface area contributed by atoms with E-state index in [4.69, 9.17) is 0 Å². The van der Waals surface area contributed by atoms with E-state index in [9.17, 15) is 0 Å². The maximum atomic E-state index is 4.62. The summed E-state index contributed by atoms with van der Waals surface area (Å²) in [6.45, 7) is 19.0. The van der Waals surface area contributed by atoms with Crippen molar-refractivity contribution in [3.63, 3.8) is 0 Å². The predicted octanol–water partition coefficient (Wildman–Crippen LogP) is 10.2. The average Bonchev–Trinajstić information content (AvgIpc) is 3.57. The van der Waals surface area contributed by atoms with Crippen molar-refractivity contribution in [3.8, 4) is 0 Å². The van der Waals surface area contributed by atoms with Gasteiger partial charge in [0, 0.05) is 36.4 Å². The second-order valence-electron chi connectivity index (χ2n) is 11.4. The number of benzene rings is 2. The molecule has 5 nitrogen and oxygen atoms in total. The quantitative estimate of drug-likeness (QED) is 0.181. The standard InChI is InChI=1S/C27H36N4.C9H19N.C2H6/c1-4-5-18-29-25-11-9-24(10-12-25)22(2)17-19-28-23(3)30-26-13-15-27(16-14-26)31-20-7-6-8-21-31;1-2-3-4-7-10-8-5-6-9-10;1-2/h5,9-19,23,29-30H,4,6-8,20-21H2,1-3H3;2-9H2,1H3;1-2H3/b18-5?,22-17+,28-19-;;. The lowest BCUT2D eigenvalue weighted by Gasteiger charge is -2.29.